The molecule has 0 aliphatic carbocycles. The van der Waals surface area contributed by atoms with Crippen molar-refractivity contribution in [3.05, 3.63) is 60.8 Å². The molecule has 0 saturated carbocycles. The van der Waals surface area contributed by atoms with Crippen molar-refractivity contribution in [1.29, 1.82) is 0 Å². The third-order valence-corrected chi connectivity index (χ3v) is 11.8. The Hall–Kier alpha value is -2.41. The number of phosphoric ester groups is 1. The molecule has 0 amide bonds. The van der Waals surface area contributed by atoms with Crippen LogP contribution >= 0.6 is 7.82 Å². The van der Waals surface area contributed by atoms with E-state index in [0.29, 0.717) is 17.4 Å². The first-order valence-corrected chi connectivity index (χ1v) is 26.8. The van der Waals surface area contributed by atoms with Crippen LogP contribution in [0.4, 0.5) is 0 Å². The van der Waals surface area contributed by atoms with Crippen LogP contribution in [0.15, 0.2) is 60.8 Å². The highest BCUT2D eigenvalue weighted by molar-refractivity contribution is 7.45. The van der Waals surface area contributed by atoms with Gasteiger partial charge in [-0.3, -0.25) is 14.2 Å². The number of aliphatic hydroxyl groups excluding tert-OH is 3. The highest BCUT2D eigenvalue weighted by Gasteiger charge is 2.22. The van der Waals surface area contributed by atoms with E-state index in [1.807, 2.05) is 21.1 Å². The smallest absolute Gasteiger partial charge is 0.306 e. The summed E-state index contributed by atoms with van der Waals surface area (Å²) in [5, 5.41) is 30.6. The summed E-state index contributed by atoms with van der Waals surface area (Å²) in [5.74, 6) is -1.16. The molecule has 0 aromatic rings. The largest absolute Gasteiger partial charge is 0.756 e. The van der Waals surface area contributed by atoms with Gasteiger partial charge in [-0.25, -0.2) is 0 Å². The summed E-state index contributed by atoms with van der Waals surface area (Å²) < 4.78 is 33.7. The van der Waals surface area contributed by atoms with Crippen molar-refractivity contribution in [2.45, 2.75) is 212 Å². The Bertz CT molecular complexity index is 1340. The third-order valence-electron chi connectivity index (χ3n) is 10.9. The minimum absolute atomic E-state index is 0.0774. The number of phosphoric acid groups is 1. The zero-order valence-corrected chi connectivity index (χ0v) is 42.4. The molecule has 0 saturated heterocycles. The van der Waals surface area contributed by atoms with Crippen LogP contribution < -0.4 is 4.89 Å². The quantitative estimate of drug-likeness (QED) is 0.0132. The van der Waals surface area contributed by atoms with E-state index >= 15 is 0 Å². The first-order valence-electron chi connectivity index (χ1n) is 25.3. The average molecular weight is 940 g/mol. The molecule has 3 N–H and O–H groups in total. The molecule has 0 heterocycles. The molecule has 13 heteroatoms. The van der Waals surface area contributed by atoms with Crippen molar-refractivity contribution >= 4 is 19.8 Å². The number of nitrogens with zero attached hydrogens (tertiary/aromatic N) is 1. The number of hydrogen-bond donors (Lipinski definition) is 3. The lowest BCUT2D eigenvalue weighted by molar-refractivity contribution is -0.870. The van der Waals surface area contributed by atoms with Gasteiger partial charge in [0, 0.05) is 12.8 Å². The Morgan fingerprint density at radius 1 is 0.585 bits per heavy atom. The number of likely N-dealkylation sites (N-methyl/N-ethyl adjacent to an activating group) is 1. The maximum absolute atomic E-state index is 12.8. The molecule has 1 unspecified atom stereocenters. The Morgan fingerprint density at radius 2 is 1.08 bits per heavy atom. The Kier molecular flexibility index (Phi) is 41.3. The second-order valence-corrected chi connectivity index (χ2v) is 19.8. The molecule has 0 rings (SSSR count). The second-order valence-electron chi connectivity index (χ2n) is 18.4. The fourth-order valence-corrected chi connectivity index (χ4v) is 7.47. The van der Waals surface area contributed by atoms with Crippen LogP contribution in [0.2, 0.25) is 0 Å². The van der Waals surface area contributed by atoms with E-state index in [9.17, 15) is 34.4 Å². The normalized spacial score (nSPS) is 15.4. The Morgan fingerprint density at radius 3 is 1.65 bits per heavy atom. The maximum atomic E-state index is 12.8. The maximum Gasteiger partial charge on any atom is 0.306 e. The molecule has 5 atom stereocenters. The number of hydrogen-bond acceptors (Lipinski definition) is 11. The monoisotopic (exact) mass is 940 g/mol. The summed E-state index contributed by atoms with van der Waals surface area (Å²) in [4.78, 5) is 37.7. The first-order chi connectivity index (χ1) is 31.2. The predicted octanol–water partition coefficient (Wildman–Crippen LogP) is 11.1. The fraction of sp³-hybridized carbons (Fsp3) is 0.769. The lowest BCUT2D eigenvalue weighted by atomic mass is 10.0. The van der Waals surface area contributed by atoms with E-state index < -0.39 is 57.4 Å². The minimum atomic E-state index is -4.72. The van der Waals surface area contributed by atoms with Crippen LogP contribution in [0.3, 0.4) is 0 Å². The molecule has 0 spiro atoms. The van der Waals surface area contributed by atoms with Gasteiger partial charge in [0.1, 0.15) is 19.8 Å². The van der Waals surface area contributed by atoms with Crippen LogP contribution in [0, 0.1) is 0 Å². The van der Waals surface area contributed by atoms with E-state index in [4.69, 9.17) is 18.5 Å². The summed E-state index contributed by atoms with van der Waals surface area (Å²) >= 11 is 0. The molecule has 0 fully saturated rings. The van der Waals surface area contributed by atoms with Crippen LogP contribution in [0.25, 0.3) is 0 Å². The minimum Gasteiger partial charge on any atom is -0.756 e. The van der Waals surface area contributed by atoms with Crippen molar-refractivity contribution in [2.24, 2.45) is 0 Å². The molecule has 0 aromatic carbocycles. The summed E-state index contributed by atoms with van der Waals surface area (Å²) in [6.07, 6.45) is 41.9. The number of rotatable bonds is 45. The molecule has 65 heavy (non-hydrogen) atoms. The SMILES string of the molecule is CCCCCCCC/C=C\CCCCCCCCCCCCCC(=O)O[C@H](COC(=O)CCC[C@@H](O)[C@H](O)/C=C/C=C/C=C\C=C\[C@H](O)CCCCC)COP(=O)([O-])OCC[N+](C)(C)C. The van der Waals surface area contributed by atoms with Crippen LogP contribution in [-0.2, 0) is 32.7 Å². The first kappa shape index (κ1) is 62.6. The lowest BCUT2D eigenvalue weighted by Gasteiger charge is -2.28. The predicted molar refractivity (Wildman–Crippen MR) is 263 cm³/mol. The Balaban J connectivity index is 4.54. The van der Waals surface area contributed by atoms with Crippen molar-refractivity contribution < 1.29 is 57.4 Å². The molecular weight excluding hydrogens is 846 g/mol. The zero-order valence-electron chi connectivity index (χ0n) is 41.5. The van der Waals surface area contributed by atoms with E-state index in [-0.39, 0.29) is 32.3 Å². The molecule has 0 radical (unpaired) electrons. The molecule has 378 valence electrons. The number of carbonyl (C=O) groups is 2. The van der Waals surface area contributed by atoms with Gasteiger partial charge >= 0.3 is 11.9 Å². The number of allylic oxidation sites excluding steroid dienone is 8. The van der Waals surface area contributed by atoms with Gasteiger partial charge in [0.05, 0.1) is 46.1 Å². The number of aliphatic hydroxyl groups is 3. The van der Waals surface area contributed by atoms with Gasteiger partial charge in [-0.2, -0.15) is 0 Å². The van der Waals surface area contributed by atoms with Gasteiger partial charge < -0.3 is 43.2 Å². The number of esters is 2. The average Bonchev–Trinajstić information content (AvgIpc) is 3.25. The van der Waals surface area contributed by atoms with E-state index in [1.165, 1.54) is 102 Å². The van der Waals surface area contributed by atoms with Crippen molar-refractivity contribution in [2.75, 3.05) is 47.5 Å². The molecular formula is C52H94NO11P. The number of carbonyl (C=O) groups excluding carboxylic acids is 2. The molecule has 0 bridgehead atoms. The van der Waals surface area contributed by atoms with Gasteiger partial charge in [-0.15, -0.1) is 0 Å². The molecule has 0 aliphatic heterocycles. The molecule has 12 nitrogen and oxygen atoms in total. The summed E-state index contributed by atoms with van der Waals surface area (Å²) in [7, 11) is 0.973. The van der Waals surface area contributed by atoms with Crippen LogP contribution in [0.5, 0.6) is 0 Å². The third kappa shape index (κ3) is 45.2. The van der Waals surface area contributed by atoms with Gasteiger partial charge in [-0.1, -0.05) is 184 Å². The van der Waals surface area contributed by atoms with E-state index in [2.05, 4.69) is 26.0 Å². The Labute approximate surface area is 395 Å². The lowest BCUT2D eigenvalue weighted by Crippen LogP contribution is -2.37. The highest BCUT2D eigenvalue weighted by Crippen LogP contribution is 2.38. The van der Waals surface area contributed by atoms with Gasteiger partial charge in [0.2, 0.25) is 0 Å². The van der Waals surface area contributed by atoms with Crippen molar-refractivity contribution in [1.82, 2.24) is 0 Å². The number of quaternary nitrogens is 1. The van der Waals surface area contributed by atoms with Crippen molar-refractivity contribution in [3.63, 3.8) is 0 Å². The van der Waals surface area contributed by atoms with Crippen molar-refractivity contribution in [3.8, 4) is 0 Å². The van der Waals surface area contributed by atoms with E-state index in [0.717, 1.165) is 44.9 Å². The fourth-order valence-electron chi connectivity index (χ4n) is 6.74. The second kappa shape index (κ2) is 42.9. The van der Waals surface area contributed by atoms with Gasteiger partial charge in [-0.05, 0) is 51.4 Å². The number of unbranched alkanes of at least 4 members (excludes halogenated alkanes) is 19. The summed E-state index contributed by atoms with van der Waals surface area (Å²) in [6.45, 7) is 3.73. The summed E-state index contributed by atoms with van der Waals surface area (Å²) in [5.41, 5.74) is 0. The molecule has 0 aliphatic rings. The topological polar surface area (TPSA) is 172 Å². The van der Waals surface area contributed by atoms with Crippen LogP contribution in [0.1, 0.15) is 187 Å². The highest BCUT2D eigenvalue weighted by atomic mass is 31.2. The standard InChI is InChI=1S/C52H94NO11P/c1-6-8-10-11-12-13-14-15-16-17-18-19-20-21-22-23-24-25-26-31-35-41-52(58)64-48(46-63-65(59,60)62-44-43-53(3,4)5)45-61-51(57)42-36-40-50(56)49(55)39-34-30-28-27-29-33-38-47(54)37-32-9-7-2/h15-16,27-30,33-34,38-39,47-50,54-56H,6-14,17-26,31-32,35-37,40-46H2,1-5H3/b16-15-,29-27-,30-28+,38-33+,39-34+/t47-,48-,49-,50-/m1/s1. The van der Waals surface area contributed by atoms with E-state index in [1.54, 1.807) is 42.5 Å². The van der Waals surface area contributed by atoms with Crippen LogP contribution in [-0.4, -0.2) is 104 Å². The number of ether oxygens (including phenoxy) is 2. The zero-order chi connectivity index (χ0) is 48.3. The molecule has 0 aromatic heterocycles. The van der Waals surface area contributed by atoms with Gasteiger partial charge in [0.15, 0.2) is 6.10 Å². The summed E-state index contributed by atoms with van der Waals surface area (Å²) in [6, 6.07) is 0. The van der Waals surface area contributed by atoms with Gasteiger partial charge in [0.25, 0.3) is 7.82 Å².